The topological polar surface area (TPSA) is 61.6 Å². The second kappa shape index (κ2) is 8.12. The molecule has 0 aromatic carbocycles. The number of piperazine rings is 1. The van der Waals surface area contributed by atoms with E-state index >= 15 is 0 Å². The molecule has 0 unspecified atom stereocenters. The molecule has 2 fully saturated rings. The van der Waals surface area contributed by atoms with Gasteiger partial charge in [0.2, 0.25) is 5.91 Å². The number of nitrogens with one attached hydrogen (secondary N) is 1. The summed E-state index contributed by atoms with van der Waals surface area (Å²) in [6.45, 7) is 9.38. The van der Waals surface area contributed by atoms with Gasteiger partial charge in [-0.3, -0.25) is 14.6 Å². The molecule has 24 heavy (non-hydrogen) atoms. The molecule has 1 aromatic heterocycles. The highest BCUT2D eigenvalue weighted by molar-refractivity contribution is 5.78. The van der Waals surface area contributed by atoms with Crippen molar-refractivity contribution in [1.82, 2.24) is 20.3 Å². The van der Waals surface area contributed by atoms with Gasteiger partial charge in [-0.15, -0.1) is 0 Å². The first kappa shape index (κ1) is 17.4. The van der Waals surface area contributed by atoms with Gasteiger partial charge in [-0.2, -0.15) is 0 Å². The Morgan fingerprint density at radius 1 is 1.21 bits per heavy atom. The van der Waals surface area contributed by atoms with Gasteiger partial charge in [0, 0.05) is 38.3 Å². The third-order valence-corrected chi connectivity index (χ3v) is 5.27. The summed E-state index contributed by atoms with van der Waals surface area (Å²) in [6.07, 6.45) is 4.75. The van der Waals surface area contributed by atoms with Crippen molar-refractivity contribution in [3.63, 3.8) is 0 Å². The second-order valence-electron chi connectivity index (χ2n) is 7.51. The van der Waals surface area contributed by atoms with E-state index < -0.39 is 0 Å². The predicted molar refractivity (Wildman–Crippen MR) is 92.5 cm³/mol. The lowest BCUT2D eigenvalue weighted by atomic mass is 9.87. The van der Waals surface area contributed by atoms with Crippen LogP contribution in [0.4, 0.5) is 0 Å². The second-order valence-corrected chi connectivity index (χ2v) is 7.51. The van der Waals surface area contributed by atoms with Crippen LogP contribution in [0.25, 0.3) is 0 Å². The molecule has 1 aliphatic heterocycles. The first-order chi connectivity index (χ1) is 11.6. The van der Waals surface area contributed by atoms with Crippen LogP contribution >= 0.6 is 0 Å². The van der Waals surface area contributed by atoms with Crippen molar-refractivity contribution >= 4 is 5.91 Å². The van der Waals surface area contributed by atoms with Gasteiger partial charge < -0.3 is 9.84 Å². The Labute approximate surface area is 144 Å². The van der Waals surface area contributed by atoms with E-state index in [9.17, 15) is 4.79 Å². The molecule has 3 rings (SSSR count). The first-order valence-corrected chi connectivity index (χ1v) is 9.25. The number of hydrogen-bond donors (Lipinski definition) is 1. The van der Waals surface area contributed by atoms with E-state index in [1.54, 1.807) is 0 Å². The van der Waals surface area contributed by atoms with Crippen LogP contribution in [0.3, 0.4) is 0 Å². The maximum absolute atomic E-state index is 12.2. The van der Waals surface area contributed by atoms with Crippen LogP contribution in [0.5, 0.6) is 0 Å². The van der Waals surface area contributed by atoms with Gasteiger partial charge in [0.1, 0.15) is 0 Å². The smallest absolute Gasteiger partial charge is 0.234 e. The highest BCUT2D eigenvalue weighted by Gasteiger charge is 2.23. The fraction of sp³-hybridized carbons (Fsp3) is 0.778. The minimum absolute atomic E-state index is 0.189. The number of aryl methyl sites for hydroxylation is 1. The lowest BCUT2D eigenvalue weighted by Gasteiger charge is -2.34. The molecule has 6 heteroatoms. The Morgan fingerprint density at radius 2 is 1.88 bits per heavy atom. The van der Waals surface area contributed by atoms with Crippen LogP contribution in [0, 0.1) is 12.8 Å². The van der Waals surface area contributed by atoms with E-state index in [1.165, 1.54) is 12.8 Å². The molecular weight excluding hydrogens is 304 g/mol. The van der Waals surface area contributed by atoms with Gasteiger partial charge >= 0.3 is 0 Å². The Balaban J connectivity index is 1.35. The average Bonchev–Trinajstić information content (AvgIpc) is 2.96. The summed E-state index contributed by atoms with van der Waals surface area (Å²) in [5.41, 5.74) is 0.928. The molecule has 0 bridgehead atoms. The summed E-state index contributed by atoms with van der Waals surface area (Å²) in [5, 5.41) is 7.15. The van der Waals surface area contributed by atoms with Gasteiger partial charge in [0.15, 0.2) is 5.76 Å². The SMILES string of the molecule is Cc1cc(CN2CCN(CC(=O)NC3CCC(C)CC3)CC2)on1. The maximum atomic E-state index is 12.2. The molecule has 1 saturated heterocycles. The molecule has 6 nitrogen and oxygen atoms in total. The summed E-state index contributed by atoms with van der Waals surface area (Å²) >= 11 is 0. The van der Waals surface area contributed by atoms with Crippen LogP contribution in [-0.4, -0.2) is 59.6 Å². The van der Waals surface area contributed by atoms with Crippen molar-refractivity contribution in [3.05, 3.63) is 17.5 Å². The third kappa shape index (κ3) is 5.05. The summed E-state index contributed by atoms with van der Waals surface area (Å²) in [7, 11) is 0. The number of rotatable bonds is 5. The zero-order valence-corrected chi connectivity index (χ0v) is 15.0. The molecule has 2 heterocycles. The fourth-order valence-corrected chi connectivity index (χ4v) is 3.70. The van der Waals surface area contributed by atoms with Gasteiger partial charge in [-0.1, -0.05) is 12.1 Å². The first-order valence-electron chi connectivity index (χ1n) is 9.25. The van der Waals surface area contributed by atoms with Gasteiger partial charge in [0.25, 0.3) is 0 Å². The minimum Gasteiger partial charge on any atom is -0.360 e. The highest BCUT2D eigenvalue weighted by Crippen LogP contribution is 2.23. The number of nitrogens with zero attached hydrogens (tertiary/aromatic N) is 3. The molecule has 0 spiro atoms. The zero-order valence-electron chi connectivity index (χ0n) is 15.0. The van der Waals surface area contributed by atoms with Crippen LogP contribution < -0.4 is 5.32 Å². The van der Waals surface area contributed by atoms with E-state index in [-0.39, 0.29) is 5.91 Å². The molecule has 1 aliphatic carbocycles. The van der Waals surface area contributed by atoms with E-state index in [0.717, 1.165) is 62.9 Å². The van der Waals surface area contributed by atoms with E-state index in [1.807, 2.05) is 13.0 Å². The summed E-state index contributed by atoms with van der Waals surface area (Å²) in [4.78, 5) is 16.9. The number of carbonyl (C=O) groups excluding carboxylic acids is 1. The Hall–Kier alpha value is -1.40. The molecular formula is C18H30N4O2. The molecule has 0 radical (unpaired) electrons. The number of amides is 1. The van der Waals surface area contributed by atoms with E-state index in [4.69, 9.17) is 4.52 Å². The predicted octanol–water partition coefficient (Wildman–Crippen LogP) is 1.80. The van der Waals surface area contributed by atoms with Crippen molar-refractivity contribution in [2.24, 2.45) is 5.92 Å². The highest BCUT2D eigenvalue weighted by atomic mass is 16.5. The van der Waals surface area contributed by atoms with Crippen molar-refractivity contribution in [2.45, 2.75) is 52.1 Å². The van der Waals surface area contributed by atoms with Crippen LogP contribution in [0.15, 0.2) is 10.6 Å². The summed E-state index contributed by atoms with van der Waals surface area (Å²) in [5.74, 6) is 1.93. The standard InChI is InChI=1S/C18H30N4O2/c1-14-3-5-16(6-4-14)19-18(23)13-22-9-7-21(8-10-22)12-17-11-15(2)20-24-17/h11,14,16H,3-10,12-13H2,1-2H3,(H,19,23). The van der Waals surface area contributed by atoms with Crippen molar-refractivity contribution in [3.8, 4) is 0 Å². The molecule has 1 amide bonds. The third-order valence-electron chi connectivity index (χ3n) is 5.27. The molecule has 1 aromatic rings. The molecule has 1 saturated carbocycles. The zero-order chi connectivity index (χ0) is 16.9. The van der Waals surface area contributed by atoms with Crippen LogP contribution in [-0.2, 0) is 11.3 Å². The van der Waals surface area contributed by atoms with Crippen LogP contribution in [0.2, 0.25) is 0 Å². The Kier molecular flexibility index (Phi) is 5.89. The van der Waals surface area contributed by atoms with E-state index in [0.29, 0.717) is 12.6 Å². The Morgan fingerprint density at radius 3 is 2.50 bits per heavy atom. The van der Waals surface area contributed by atoms with Crippen molar-refractivity contribution in [1.29, 1.82) is 0 Å². The molecule has 0 atom stereocenters. The monoisotopic (exact) mass is 334 g/mol. The Bertz CT molecular complexity index is 529. The van der Waals surface area contributed by atoms with Crippen molar-refractivity contribution in [2.75, 3.05) is 32.7 Å². The average molecular weight is 334 g/mol. The van der Waals surface area contributed by atoms with E-state index in [2.05, 4.69) is 27.2 Å². The summed E-state index contributed by atoms with van der Waals surface area (Å²) < 4.78 is 5.28. The number of aromatic nitrogens is 1. The quantitative estimate of drug-likeness (QED) is 0.890. The molecule has 1 N–H and O–H groups in total. The van der Waals surface area contributed by atoms with Gasteiger partial charge in [-0.05, 0) is 38.5 Å². The molecule has 134 valence electrons. The van der Waals surface area contributed by atoms with Crippen LogP contribution in [0.1, 0.15) is 44.1 Å². The van der Waals surface area contributed by atoms with Crippen molar-refractivity contribution < 1.29 is 9.32 Å². The summed E-state index contributed by atoms with van der Waals surface area (Å²) in [6, 6.07) is 2.38. The fourth-order valence-electron chi connectivity index (χ4n) is 3.70. The number of hydrogen-bond acceptors (Lipinski definition) is 5. The lowest BCUT2D eigenvalue weighted by molar-refractivity contribution is -0.123. The lowest BCUT2D eigenvalue weighted by Crippen LogP contribution is -2.50. The minimum atomic E-state index is 0.189. The molecule has 2 aliphatic rings. The van der Waals surface area contributed by atoms with Gasteiger partial charge in [0.05, 0.1) is 18.8 Å². The maximum Gasteiger partial charge on any atom is 0.234 e. The largest absolute Gasteiger partial charge is 0.360 e. The number of carbonyl (C=O) groups is 1. The van der Waals surface area contributed by atoms with Gasteiger partial charge in [-0.25, -0.2) is 0 Å². The normalized spacial score (nSPS) is 26.4.